The maximum absolute atomic E-state index is 12.4. The molecular formula is C16H22ClNO3S. The predicted molar refractivity (Wildman–Crippen MR) is 90.0 cm³/mol. The molecule has 0 aromatic heterocycles. The van der Waals surface area contributed by atoms with Crippen molar-refractivity contribution in [3.63, 3.8) is 0 Å². The average Bonchev–Trinajstić information content (AvgIpc) is 2.75. The smallest absolute Gasteiger partial charge is 0.232 e. The van der Waals surface area contributed by atoms with Crippen LogP contribution in [-0.4, -0.2) is 26.6 Å². The Kier molecular flexibility index (Phi) is 5.17. The van der Waals surface area contributed by atoms with Crippen molar-refractivity contribution in [2.24, 2.45) is 5.92 Å². The maximum atomic E-state index is 12.4. The Morgan fingerprint density at radius 2 is 1.77 bits per heavy atom. The summed E-state index contributed by atoms with van der Waals surface area (Å²) in [6.07, 6.45) is 1.92. The lowest BCUT2D eigenvalue weighted by Crippen LogP contribution is -2.27. The Bertz CT molecular complexity index is 660. The number of anilines is 1. The first kappa shape index (κ1) is 17.3. The summed E-state index contributed by atoms with van der Waals surface area (Å²) in [7, 11) is 1.75. The highest BCUT2D eigenvalue weighted by Crippen LogP contribution is 2.34. The molecule has 1 fully saturated rings. The zero-order chi connectivity index (χ0) is 16.5. The van der Waals surface area contributed by atoms with E-state index in [9.17, 15) is 13.2 Å². The lowest BCUT2D eigenvalue weighted by atomic mass is 9.99. The molecule has 0 spiro atoms. The van der Waals surface area contributed by atoms with Gasteiger partial charge >= 0.3 is 0 Å². The van der Waals surface area contributed by atoms with Crippen LogP contribution in [-0.2, 0) is 26.7 Å². The molecule has 1 saturated heterocycles. The van der Waals surface area contributed by atoms with Gasteiger partial charge < -0.3 is 4.90 Å². The van der Waals surface area contributed by atoms with Crippen LogP contribution < -0.4 is 4.90 Å². The van der Waals surface area contributed by atoms with Gasteiger partial charge in [-0.3, -0.25) is 4.79 Å². The highest BCUT2D eigenvalue weighted by Gasteiger charge is 2.34. The minimum atomic E-state index is -3.58. The third-order valence-corrected chi connectivity index (χ3v) is 5.33. The second-order valence-corrected chi connectivity index (χ2v) is 8.74. The minimum absolute atomic E-state index is 0.0152. The number of carbonyl (C=O) groups is 1. The third kappa shape index (κ3) is 3.82. The largest absolute Gasteiger partial charge is 0.312 e. The number of benzene rings is 1. The molecule has 0 radical (unpaired) electrons. The zero-order valence-corrected chi connectivity index (χ0v) is 14.8. The number of nitrogens with zero attached hydrogens (tertiary/aromatic N) is 1. The lowest BCUT2D eigenvalue weighted by molar-refractivity contribution is -0.117. The van der Waals surface area contributed by atoms with E-state index in [-0.39, 0.29) is 24.0 Å². The second kappa shape index (κ2) is 6.59. The van der Waals surface area contributed by atoms with Gasteiger partial charge in [0.15, 0.2) is 0 Å². The number of hydrogen-bond acceptors (Lipinski definition) is 3. The number of aryl methyl sites for hydroxylation is 3. The summed E-state index contributed by atoms with van der Waals surface area (Å²) in [5.41, 5.74) is 4.43. The molecule has 122 valence electrons. The number of rotatable bonds is 5. The molecular weight excluding hydrogens is 322 g/mol. The summed E-state index contributed by atoms with van der Waals surface area (Å²) in [5.74, 6) is -0.393. The molecule has 1 unspecified atom stereocenters. The van der Waals surface area contributed by atoms with Gasteiger partial charge in [-0.1, -0.05) is 31.5 Å². The van der Waals surface area contributed by atoms with Gasteiger partial charge in [0.1, 0.15) is 0 Å². The fraction of sp³-hybridized carbons (Fsp3) is 0.562. The summed E-state index contributed by atoms with van der Waals surface area (Å²) in [4.78, 5) is 14.1. The minimum Gasteiger partial charge on any atom is -0.312 e. The van der Waals surface area contributed by atoms with E-state index in [1.807, 2.05) is 0 Å². The van der Waals surface area contributed by atoms with E-state index < -0.39 is 9.05 Å². The van der Waals surface area contributed by atoms with E-state index >= 15 is 0 Å². The number of hydrogen-bond donors (Lipinski definition) is 0. The Balaban J connectivity index is 2.38. The molecule has 1 amide bonds. The molecule has 22 heavy (non-hydrogen) atoms. The first-order chi connectivity index (χ1) is 10.2. The Morgan fingerprint density at radius 1 is 1.23 bits per heavy atom. The normalized spacial score (nSPS) is 19.0. The molecule has 6 heteroatoms. The third-order valence-electron chi connectivity index (χ3n) is 4.08. The van der Waals surface area contributed by atoms with Gasteiger partial charge in [-0.2, -0.15) is 0 Å². The van der Waals surface area contributed by atoms with Crippen LogP contribution in [0.3, 0.4) is 0 Å². The summed E-state index contributed by atoms with van der Waals surface area (Å²) in [6.45, 7) is 6.61. The highest BCUT2D eigenvalue weighted by atomic mass is 35.7. The molecule has 1 heterocycles. The van der Waals surface area contributed by atoms with E-state index in [2.05, 4.69) is 32.9 Å². The number of carbonyl (C=O) groups excluding carboxylic acids is 1. The van der Waals surface area contributed by atoms with Crippen LogP contribution in [0.5, 0.6) is 0 Å². The van der Waals surface area contributed by atoms with Crippen LogP contribution in [0.1, 0.15) is 37.0 Å². The lowest BCUT2D eigenvalue weighted by Gasteiger charge is -2.24. The van der Waals surface area contributed by atoms with Crippen LogP contribution in [0, 0.1) is 12.8 Å². The van der Waals surface area contributed by atoms with Crippen molar-refractivity contribution in [2.75, 3.05) is 17.2 Å². The number of halogens is 1. The van der Waals surface area contributed by atoms with Gasteiger partial charge in [0, 0.05) is 35.3 Å². The zero-order valence-electron chi connectivity index (χ0n) is 13.2. The van der Waals surface area contributed by atoms with Crippen molar-refractivity contribution in [1.82, 2.24) is 0 Å². The molecule has 0 N–H and O–H groups in total. The van der Waals surface area contributed by atoms with Crippen molar-refractivity contribution in [1.29, 1.82) is 0 Å². The van der Waals surface area contributed by atoms with Crippen LogP contribution in [0.4, 0.5) is 5.69 Å². The number of amides is 1. The van der Waals surface area contributed by atoms with Gasteiger partial charge in [0.25, 0.3) is 0 Å². The Hall–Kier alpha value is -1.07. The standard InChI is InChI=1S/C16H22ClNO3S/c1-4-13-6-11(3)7-14(5-2)16(13)18-9-12(8-15(18)19)10-22(17,20)21/h6-7,12H,4-5,8-10H2,1-3H3. The maximum Gasteiger partial charge on any atom is 0.232 e. The monoisotopic (exact) mass is 343 g/mol. The van der Waals surface area contributed by atoms with Crippen LogP contribution in [0.2, 0.25) is 0 Å². The summed E-state index contributed by atoms with van der Waals surface area (Å²) in [5, 5.41) is 0. The van der Waals surface area contributed by atoms with E-state index in [1.54, 1.807) is 4.90 Å². The van der Waals surface area contributed by atoms with Gasteiger partial charge in [0.05, 0.1) is 5.75 Å². The van der Waals surface area contributed by atoms with Crippen LogP contribution >= 0.6 is 10.7 Å². The quantitative estimate of drug-likeness (QED) is 0.772. The van der Waals surface area contributed by atoms with Crippen molar-refractivity contribution in [3.05, 3.63) is 28.8 Å². The first-order valence-corrected chi connectivity index (χ1v) is 10.1. The van der Waals surface area contributed by atoms with Crippen LogP contribution in [0.15, 0.2) is 12.1 Å². The second-order valence-electron chi connectivity index (χ2n) is 5.92. The fourth-order valence-electron chi connectivity index (χ4n) is 3.21. The summed E-state index contributed by atoms with van der Waals surface area (Å²) >= 11 is 0. The Morgan fingerprint density at radius 3 is 2.23 bits per heavy atom. The van der Waals surface area contributed by atoms with Gasteiger partial charge in [0.2, 0.25) is 15.0 Å². The van der Waals surface area contributed by atoms with E-state index in [0.717, 1.165) is 29.7 Å². The summed E-state index contributed by atoms with van der Waals surface area (Å²) < 4.78 is 22.5. The van der Waals surface area contributed by atoms with Gasteiger partial charge in [-0.15, -0.1) is 0 Å². The van der Waals surface area contributed by atoms with Crippen molar-refractivity contribution in [3.8, 4) is 0 Å². The molecule has 0 saturated carbocycles. The highest BCUT2D eigenvalue weighted by molar-refractivity contribution is 8.13. The first-order valence-electron chi connectivity index (χ1n) is 7.60. The molecule has 1 aromatic rings. The topological polar surface area (TPSA) is 54.5 Å². The molecule has 1 aliphatic rings. The SMILES string of the molecule is CCc1cc(C)cc(CC)c1N1CC(CS(=O)(=O)Cl)CC1=O. The Labute approximate surface area is 136 Å². The van der Waals surface area contributed by atoms with E-state index in [4.69, 9.17) is 10.7 Å². The molecule has 1 atom stereocenters. The molecule has 0 aliphatic carbocycles. The predicted octanol–water partition coefficient (Wildman–Crippen LogP) is 3.04. The van der Waals surface area contributed by atoms with E-state index in [1.165, 1.54) is 5.56 Å². The van der Waals surface area contributed by atoms with Gasteiger partial charge in [-0.05, 0) is 30.9 Å². The van der Waals surface area contributed by atoms with Crippen molar-refractivity contribution in [2.45, 2.75) is 40.0 Å². The molecule has 4 nitrogen and oxygen atoms in total. The molecule has 0 bridgehead atoms. The van der Waals surface area contributed by atoms with E-state index in [0.29, 0.717) is 6.54 Å². The molecule has 1 aromatic carbocycles. The van der Waals surface area contributed by atoms with Crippen molar-refractivity contribution >= 4 is 31.3 Å². The average molecular weight is 344 g/mol. The molecule has 1 aliphatic heterocycles. The fourth-order valence-corrected chi connectivity index (χ4v) is 4.53. The molecule has 2 rings (SSSR count). The van der Waals surface area contributed by atoms with Gasteiger partial charge in [-0.25, -0.2) is 8.42 Å². The van der Waals surface area contributed by atoms with Crippen LogP contribution in [0.25, 0.3) is 0 Å². The summed E-state index contributed by atoms with van der Waals surface area (Å²) in [6, 6.07) is 4.21. The van der Waals surface area contributed by atoms with Crippen molar-refractivity contribution < 1.29 is 13.2 Å².